The van der Waals surface area contributed by atoms with Crippen LogP contribution in [0.15, 0.2) is 24.3 Å². The number of hydrogen-bond acceptors (Lipinski definition) is 6. The number of rotatable bonds is 4. The maximum Gasteiger partial charge on any atom is 0.290 e. The van der Waals surface area contributed by atoms with Crippen molar-refractivity contribution in [3.05, 3.63) is 30.1 Å². The molecule has 0 radical (unpaired) electrons. The zero-order valence-corrected chi connectivity index (χ0v) is 20.2. The van der Waals surface area contributed by atoms with Gasteiger partial charge in [0.25, 0.3) is 12.9 Å². The van der Waals surface area contributed by atoms with Gasteiger partial charge in [0.15, 0.2) is 0 Å². The van der Waals surface area contributed by atoms with Crippen LogP contribution in [0.4, 0.5) is 0 Å². The van der Waals surface area contributed by atoms with Crippen molar-refractivity contribution < 1.29 is 29.7 Å². The highest BCUT2D eigenvalue weighted by atomic mass is 16.3. The molecule has 3 fully saturated rings. The topological polar surface area (TPSA) is 136 Å². The lowest BCUT2D eigenvalue weighted by Crippen LogP contribution is -2.65. The average molecular weight is 489 g/mol. The Morgan fingerprint density at radius 3 is 2.51 bits per heavy atom. The highest BCUT2D eigenvalue weighted by Crippen LogP contribution is 2.41. The number of benzene rings is 1. The fourth-order valence-corrected chi connectivity index (χ4v) is 6.21. The molecule has 4 heterocycles. The van der Waals surface area contributed by atoms with E-state index < -0.39 is 0 Å². The van der Waals surface area contributed by atoms with Crippen LogP contribution in [0, 0.1) is 18.8 Å². The number of aliphatic hydroxyl groups is 1. The van der Waals surface area contributed by atoms with Crippen LogP contribution in [0.25, 0.3) is 11.0 Å². The third-order valence-electron chi connectivity index (χ3n) is 7.56. The number of piperidine rings is 3. The number of para-hydroxylation sites is 2. The Bertz CT molecular complexity index is 975. The Kier molecular flexibility index (Phi) is 9.62. The fraction of sp³-hybridized carbons (Fsp3) is 0.600. The van der Waals surface area contributed by atoms with E-state index in [1.54, 1.807) is 0 Å². The summed E-state index contributed by atoms with van der Waals surface area (Å²) >= 11 is 0. The van der Waals surface area contributed by atoms with Crippen molar-refractivity contribution >= 4 is 29.9 Å². The standard InChI is InChI=1S/C23H32N4O2.2CH2O2/c1-16-24-19-6-2-3-8-21(19)26(16)11-9-23(29)25-13-17-12-18(14-25)22(15-28)27-10-5-4-7-20(17)27;2*2-1-3/h2-3,6,8,17-18,20,22,28H,4-5,7,9-15H2,1H3;2*1H,(H,2,3)/t17-,18+,20+,22+;;/m1../s1. The first-order valence-corrected chi connectivity index (χ1v) is 12.2. The van der Waals surface area contributed by atoms with Crippen molar-refractivity contribution in [3.63, 3.8) is 0 Å². The smallest absolute Gasteiger partial charge is 0.290 e. The third kappa shape index (κ3) is 5.99. The number of aliphatic hydroxyl groups excluding tert-OH is 1. The van der Waals surface area contributed by atoms with E-state index in [0.717, 1.165) is 36.5 Å². The molecular weight excluding hydrogens is 452 g/mol. The molecule has 10 nitrogen and oxygen atoms in total. The Morgan fingerprint density at radius 2 is 1.80 bits per heavy atom. The normalized spacial score (nSPS) is 25.4. The largest absolute Gasteiger partial charge is 0.483 e. The Labute approximate surface area is 205 Å². The van der Waals surface area contributed by atoms with Crippen molar-refractivity contribution in [1.82, 2.24) is 19.4 Å². The second kappa shape index (κ2) is 12.6. The summed E-state index contributed by atoms with van der Waals surface area (Å²) < 4.78 is 2.16. The van der Waals surface area contributed by atoms with E-state index in [1.165, 1.54) is 25.7 Å². The predicted molar refractivity (Wildman–Crippen MR) is 130 cm³/mol. The van der Waals surface area contributed by atoms with E-state index in [9.17, 15) is 9.90 Å². The van der Waals surface area contributed by atoms with Gasteiger partial charge in [0, 0.05) is 38.1 Å². The summed E-state index contributed by atoms with van der Waals surface area (Å²) in [7, 11) is 0. The highest BCUT2D eigenvalue weighted by Gasteiger charge is 2.47. The molecule has 3 saturated heterocycles. The number of aryl methyl sites for hydroxylation is 2. The zero-order valence-electron chi connectivity index (χ0n) is 20.2. The van der Waals surface area contributed by atoms with E-state index in [-0.39, 0.29) is 31.5 Å². The number of carbonyl (C=O) groups excluding carboxylic acids is 1. The van der Waals surface area contributed by atoms with Crippen LogP contribution in [-0.2, 0) is 20.9 Å². The number of aromatic nitrogens is 2. The molecule has 1 aromatic heterocycles. The number of carbonyl (C=O) groups is 3. The lowest BCUT2D eigenvalue weighted by Gasteiger charge is -2.56. The molecule has 192 valence electrons. The van der Waals surface area contributed by atoms with Gasteiger partial charge in [-0.25, -0.2) is 4.98 Å². The van der Waals surface area contributed by atoms with Crippen molar-refractivity contribution in [2.24, 2.45) is 11.8 Å². The molecule has 1 aromatic carbocycles. The number of hydrogen-bond donors (Lipinski definition) is 3. The van der Waals surface area contributed by atoms with Gasteiger partial charge in [-0.05, 0) is 56.7 Å². The van der Waals surface area contributed by atoms with Gasteiger partial charge >= 0.3 is 0 Å². The molecule has 4 atom stereocenters. The second-order valence-electron chi connectivity index (χ2n) is 9.37. The van der Waals surface area contributed by atoms with Gasteiger partial charge in [0.2, 0.25) is 5.91 Å². The van der Waals surface area contributed by atoms with Crippen LogP contribution >= 0.6 is 0 Å². The maximum atomic E-state index is 13.1. The molecule has 35 heavy (non-hydrogen) atoms. The summed E-state index contributed by atoms with van der Waals surface area (Å²) in [6, 6.07) is 8.91. The van der Waals surface area contributed by atoms with Crippen LogP contribution in [0.2, 0.25) is 0 Å². The van der Waals surface area contributed by atoms with Crippen molar-refractivity contribution in [2.75, 3.05) is 26.2 Å². The lowest BCUT2D eigenvalue weighted by atomic mass is 9.72. The first-order valence-electron chi connectivity index (χ1n) is 12.2. The Morgan fingerprint density at radius 1 is 1.11 bits per heavy atom. The first kappa shape index (κ1) is 26.6. The van der Waals surface area contributed by atoms with Gasteiger partial charge in [0.05, 0.1) is 17.6 Å². The quantitative estimate of drug-likeness (QED) is 0.555. The summed E-state index contributed by atoms with van der Waals surface area (Å²) in [5, 5.41) is 23.8. The number of likely N-dealkylation sites (tertiary alicyclic amines) is 1. The van der Waals surface area contributed by atoms with E-state index in [4.69, 9.17) is 19.8 Å². The van der Waals surface area contributed by atoms with Crippen LogP contribution < -0.4 is 0 Å². The SMILES string of the molecule is Cc1nc2ccccc2n1CCC(=O)N1C[C@H]2C[C@@H](C1)[C@H](CO)N1CCCC[C@@H]21.O=CO.O=CO. The van der Waals surface area contributed by atoms with Crippen molar-refractivity contribution in [3.8, 4) is 0 Å². The number of amides is 1. The van der Waals surface area contributed by atoms with Crippen LogP contribution in [0.3, 0.4) is 0 Å². The molecule has 10 heteroatoms. The number of nitrogens with zero attached hydrogens (tertiary/aromatic N) is 4. The molecular formula is C25H36N4O6. The van der Waals surface area contributed by atoms with Gasteiger partial charge in [-0.3, -0.25) is 19.3 Å². The number of carboxylic acid groups (broad SMARTS) is 2. The summed E-state index contributed by atoms with van der Waals surface area (Å²) in [6.07, 6.45) is 5.42. The maximum absolute atomic E-state index is 13.1. The Balaban J connectivity index is 0.000000520. The van der Waals surface area contributed by atoms with E-state index in [2.05, 4.69) is 25.4 Å². The second-order valence-corrected chi connectivity index (χ2v) is 9.37. The van der Waals surface area contributed by atoms with Crippen LogP contribution in [-0.4, -0.2) is 91.8 Å². The van der Waals surface area contributed by atoms with E-state index in [1.807, 2.05) is 25.1 Å². The van der Waals surface area contributed by atoms with Gasteiger partial charge in [0.1, 0.15) is 5.82 Å². The van der Waals surface area contributed by atoms with E-state index in [0.29, 0.717) is 30.8 Å². The number of fused-ring (bicyclic) bond motifs is 5. The molecule has 0 unspecified atom stereocenters. The summed E-state index contributed by atoms with van der Waals surface area (Å²) in [5.74, 6) is 2.19. The molecule has 5 rings (SSSR count). The van der Waals surface area contributed by atoms with E-state index >= 15 is 0 Å². The third-order valence-corrected chi connectivity index (χ3v) is 7.56. The molecule has 3 N–H and O–H groups in total. The molecule has 0 aliphatic carbocycles. The van der Waals surface area contributed by atoms with Crippen LogP contribution in [0.5, 0.6) is 0 Å². The average Bonchev–Trinajstić information content (AvgIpc) is 3.18. The fourth-order valence-electron chi connectivity index (χ4n) is 6.21. The van der Waals surface area contributed by atoms with Crippen LogP contribution in [0.1, 0.15) is 37.9 Å². The minimum atomic E-state index is -0.250. The summed E-state index contributed by atoms with van der Waals surface area (Å²) in [4.78, 5) is 39.2. The molecule has 2 aromatic rings. The van der Waals surface area contributed by atoms with Crippen molar-refractivity contribution in [2.45, 2.75) is 57.7 Å². The highest BCUT2D eigenvalue weighted by molar-refractivity contribution is 5.78. The Hall–Kier alpha value is -2.98. The van der Waals surface area contributed by atoms with Crippen molar-refractivity contribution in [1.29, 1.82) is 0 Å². The van der Waals surface area contributed by atoms with Gasteiger partial charge in [-0.2, -0.15) is 0 Å². The first-order chi connectivity index (χ1) is 17.0. The minimum absolute atomic E-state index is 0.218. The number of imidazole rings is 1. The van der Waals surface area contributed by atoms with Gasteiger partial charge in [-0.1, -0.05) is 18.6 Å². The molecule has 2 bridgehead atoms. The van der Waals surface area contributed by atoms with Gasteiger partial charge < -0.3 is 24.8 Å². The van der Waals surface area contributed by atoms with Gasteiger partial charge in [-0.15, -0.1) is 0 Å². The molecule has 0 spiro atoms. The lowest BCUT2D eigenvalue weighted by molar-refractivity contribution is -0.142. The molecule has 1 amide bonds. The predicted octanol–water partition coefficient (Wildman–Crippen LogP) is 1.83. The molecule has 3 aliphatic heterocycles. The minimum Gasteiger partial charge on any atom is -0.483 e. The molecule has 0 saturated carbocycles. The summed E-state index contributed by atoms with van der Waals surface area (Å²) in [5.41, 5.74) is 2.10. The molecule has 3 aliphatic rings. The zero-order chi connectivity index (χ0) is 25.4. The monoisotopic (exact) mass is 488 g/mol. The summed E-state index contributed by atoms with van der Waals surface area (Å²) in [6.45, 7) is 5.21.